The predicted octanol–water partition coefficient (Wildman–Crippen LogP) is 10.8. The predicted molar refractivity (Wildman–Crippen MR) is 282 cm³/mol. The minimum atomic E-state index is -1.60. The van der Waals surface area contributed by atoms with Crippen LogP contribution in [0.2, 0.25) is 0 Å². The van der Waals surface area contributed by atoms with Crippen LogP contribution >= 0.6 is 0 Å². The van der Waals surface area contributed by atoms with Gasteiger partial charge in [-0.3, -0.25) is 20.2 Å². The van der Waals surface area contributed by atoms with E-state index in [1.165, 1.54) is 32.4 Å². The molecule has 1 fully saturated rings. The number of aliphatic hydroxyl groups is 2. The first-order valence-electron chi connectivity index (χ1n) is 25.2. The number of fused-ring (bicyclic) bond motifs is 3. The Balaban J connectivity index is 1.31. The van der Waals surface area contributed by atoms with Crippen LogP contribution < -0.4 is 24.3 Å². The van der Waals surface area contributed by atoms with Crippen molar-refractivity contribution in [1.82, 2.24) is 4.90 Å². The van der Waals surface area contributed by atoms with E-state index in [-0.39, 0.29) is 68.6 Å². The van der Waals surface area contributed by atoms with Gasteiger partial charge in [0.15, 0.2) is 0 Å². The number of rotatable bonds is 23. The van der Waals surface area contributed by atoms with Crippen LogP contribution in [0.5, 0.6) is 23.0 Å². The topological polar surface area (TPSA) is 201 Å². The molecule has 16 nitrogen and oxygen atoms in total. The molecular weight excluding hydrogens is 945 g/mol. The van der Waals surface area contributed by atoms with Gasteiger partial charge in [-0.25, -0.2) is 4.79 Å². The molecule has 1 saturated carbocycles. The van der Waals surface area contributed by atoms with Crippen LogP contribution in [0.1, 0.15) is 74.5 Å². The molecule has 8 rings (SSSR count). The number of nitrogens with zero attached hydrogens (tertiary/aromatic N) is 3. The number of unbranched alkanes of at least 4 members (excludes halogenated alkanes) is 2. The summed E-state index contributed by atoms with van der Waals surface area (Å²) >= 11 is 0. The molecule has 2 amide bonds. The number of methoxy groups -OCH3 is 2. The summed E-state index contributed by atoms with van der Waals surface area (Å²) in [6.07, 6.45) is 10.5. The molecule has 388 valence electrons. The van der Waals surface area contributed by atoms with E-state index in [4.69, 9.17) is 33.7 Å². The average Bonchev–Trinajstić information content (AvgIpc) is 3.42. The third kappa shape index (κ3) is 11.5. The van der Waals surface area contributed by atoms with E-state index in [2.05, 4.69) is 18.0 Å². The highest BCUT2D eigenvalue weighted by atomic mass is 16.7. The molecule has 5 aromatic rings. The highest BCUT2D eigenvalue weighted by Crippen LogP contribution is 2.62. The molecule has 3 aliphatic rings. The maximum atomic E-state index is 15.4. The standard InChI is InChI=1S/C58H64N4O12/c1-5-32-71-58-53(61(37-41-17-13-16-39-14-7-8-18-45(39)41)54(65)29-22-38-20-23-42(24-21-38)62(67)68)36-50(60-72-6-2)47-33-40(15-9-11-30-63)46(19-10-12-31-64)55(56(47)58)48-34-44(26-28-51(48)74-58)73-57(66)59-49-27-25-43(69-3)35-52(49)70-4/h5,7-8,13-14,16-18,20-29,33-35,40,46,53,55-56,63-64H,1,6,9-12,15,19,30-32,36-37H2,2-4H3,(H,59,66)/t40-,46+,53-,55+,56+,58+/m0/s1. The fraction of sp³-hybridized carbons (Fsp3) is 0.362. The van der Waals surface area contributed by atoms with Gasteiger partial charge in [-0.1, -0.05) is 72.6 Å². The van der Waals surface area contributed by atoms with Crippen molar-refractivity contribution < 1.29 is 53.2 Å². The van der Waals surface area contributed by atoms with Gasteiger partial charge in [-0.2, -0.15) is 0 Å². The lowest BCUT2D eigenvalue weighted by atomic mass is 9.55. The van der Waals surface area contributed by atoms with Gasteiger partial charge in [0.1, 0.15) is 35.6 Å². The van der Waals surface area contributed by atoms with Gasteiger partial charge in [-0.05, 0) is 120 Å². The molecule has 0 bridgehead atoms. The number of carbonyl (C=O) groups is 2. The van der Waals surface area contributed by atoms with Crippen molar-refractivity contribution in [1.29, 1.82) is 0 Å². The van der Waals surface area contributed by atoms with E-state index in [1.807, 2.05) is 55.5 Å². The monoisotopic (exact) mass is 1010 g/mol. The number of amides is 2. The van der Waals surface area contributed by atoms with E-state index < -0.39 is 34.7 Å². The Morgan fingerprint density at radius 3 is 2.42 bits per heavy atom. The molecule has 0 spiro atoms. The van der Waals surface area contributed by atoms with Gasteiger partial charge >= 0.3 is 6.09 Å². The number of nitro benzene ring substituents is 1. The number of benzene rings is 5. The minimum Gasteiger partial charge on any atom is -0.497 e. The van der Waals surface area contributed by atoms with Crippen molar-refractivity contribution in [2.75, 3.05) is 46.0 Å². The lowest BCUT2D eigenvalue weighted by Crippen LogP contribution is -2.70. The van der Waals surface area contributed by atoms with Crippen molar-refractivity contribution in [3.63, 3.8) is 0 Å². The van der Waals surface area contributed by atoms with Crippen molar-refractivity contribution >= 4 is 45.9 Å². The van der Waals surface area contributed by atoms with E-state index in [9.17, 15) is 25.1 Å². The first kappa shape index (κ1) is 52.8. The molecule has 5 aromatic carbocycles. The Morgan fingerprint density at radius 1 is 0.932 bits per heavy atom. The fourth-order valence-electron chi connectivity index (χ4n) is 10.9. The van der Waals surface area contributed by atoms with E-state index in [1.54, 1.807) is 59.5 Å². The van der Waals surface area contributed by atoms with E-state index in [0.717, 1.165) is 40.3 Å². The van der Waals surface area contributed by atoms with Gasteiger partial charge in [-0.15, -0.1) is 6.58 Å². The van der Waals surface area contributed by atoms with Crippen LogP contribution in [0.25, 0.3) is 16.8 Å². The molecule has 3 N–H and O–H groups in total. The second-order valence-corrected chi connectivity index (χ2v) is 18.6. The number of non-ortho nitro benzene ring substituents is 1. The molecule has 1 aliphatic heterocycles. The third-order valence-corrected chi connectivity index (χ3v) is 14.2. The molecule has 0 aromatic heterocycles. The number of aliphatic hydroxyl groups excluding tert-OH is 2. The van der Waals surface area contributed by atoms with Crippen LogP contribution in [0.4, 0.5) is 16.2 Å². The number of hydrogen-bond donors (Lipinski definition) is 3. The number of anilines is 1. The number of nitro groups is 1. The highest BCUT2D eigenvalue weighted by Gasteiger charge is 2.65. The maximum absolute atomic E-state index is 15.4. The van der Waals surface area contributed by atoms with E-state index in [0.29, 0.717) is 59.9 Å². The lowest BCUT2D eigenvalue weighted by molar-refractivity contribution is -0.384. The van der Waals surface area contributed by atoms with Crippen LogP contribution in [0.15, 0.2) is 139 Å². The summed E-state index contributed by atoms with van der Waals surface area (Å²) in [6, 6.07) is 29.4. The summed E-state index contributed by atoms with van der Waals surface area (Å²) in [5, 5.41) is 41.2. The Morgan fingerprint density at radius 2 is 1.69 bits per heavy atom. The van der Waals surface area contributed by atoms with Crippen LogP contribution in [0, 0.1) is 27.9 Å². The number of allylic oxidation sites excluding steroid dienone is 1. The third-order valence-electron chi connectivity index (χ3n) is 14.2. The Labute approximate surface area is 431 Å². The second-order valence-electron chi connectivity index (χ2n) is 18.6. The number of nitrogens with one attached hydrogen (secondary N) is 1. The number of carbonyl (C=O) groups excluding carboxylic acids is 2. The lowest BCUT2D eigenvalue weighted by Gasteiger charge is -2.60. The molecule has 6 atom stereocenters. The largest absolute Gasteiger partial charge is 0.497 e. The minimum absolute atomic E-state index is 0.0150. The maximum Gasteiger partial charge on any atom is 0.417 e. The average molecular weight is 1010 g/mol. The van der Waals surface area contributed by atoms with E-state index >= 15 is 4.79 Å². The zero-order valence-electron chi connectivity index (χ0n) is 42.0. The summed E-state index contributed by atoms with van der Waals surface area (Å²) < 4.78 is 31.6. The van der Waals surface area contributed by atoms with Gasteiger partial charge in [0.2, 0.25) is 11.7 Å². The second kappa shape index (κ2) is 24.5. The molecule has 74 heavy (non-hydrogen) atoms. The Hall–Kier alpha value is -7.53. The van der Waals surface area contributed by atoms with Crippen LogP contribution in [-0.4, -0.2) is 90.2 Å². The van der Waals surface area contributed by atoms with Crippen LogP contribution in [-0.2, 0) is 20.9 Å². The summed E-state index contributed by atoms with van der Waals surface area (Å²) in [4.78, 5) is 47.9. The molecule has 0 saturated heterocycles. The fourth-order valence-corrected chi connectivity index (χ4v) is 10.9. The smallest absolute Gasteiger partial charge is 0.417 e. The first-order valence-corrected chi connectivity index (χ1v) is 25.2. The summed E-state index contributed by atoms with van der Waals surface area (Å²) in [5.74, 6) is -1.53. The molecule has 0 unspecified atom stereocenters. The first-order chi connectivity index (χ1) is 36.1. The van der Waals surface area contributed by atoms with Gasteiger partial charge in [0, 0.05) is 61.9 Å². The summed E-state index contributed by atoms with van der Waals surface area (Å²) in [5.41, 5.74) is 3.98. The van der Waals surface area contributed by atoms with Crippen molar-refractivity contribution in [2.24, 2.45) is 22.9 Å². The van der Waals surface area contributed by atoms with Crippen molar-refractivity contribution in [3.05, 3.63) is 160 Å². The zero-order valence-corrected chi connectivity index (χ0v) is 42.0. The quantitative estimate of drug-likeness (QED) is 0.0184. The van der Waals surface area contributed by atoms with Gasteiger partial charge in [0.05, 0.1) is 43.1 Å². The summed E-state index contributed by atoms with van der Waals surface area (Å²) in [6.45, 7) is 6.41. The summed E-state index contributed by atoms with van der Waals surface area (Å²) in [7, 11) is 3.03. The normalized spacial score (nSPS) is 21.2. The number of hydrogen-bond acceptors (Lipinski definition) is 13. The van der Waals surface area contributed by atoms with Crippen LogP contribution in [0.3, 0.4) is 0 Å². The molecule has 2 aliphatic carbocycles. The highest BCUT2D eigenvalue weighted by molar-refractivity contribution is 6.03. The van der Waals surface area contributed by atoms with Gasteiger partial charge < -0.3 is 43.6 Å². The Bertz CT molecular complexity index is 2900. The van der Waals surface area contributed by atoms with Crippen molar-refractivity contribution in [3.8, 4) is 23.0 Å². The molecular formula is C58H64N4O12. The van der Waals surface area contributed by atoms with Crippen molar-refractivity contribution in [2.45, 2.75) is 76.2 Å². The van der Waals surface area contributed by atoms with Gasteiger partial charge in [0.25, 0.3) is 5.69 Å². The zero-order chi connectivity index (χ0) is 52.2. The molecule has 16 heteroatoms. The number of ether oxygens (including phenoxy) is 5. The number of oxime groups is 1. The molecule has 1 heterocycles. The SMILES string of the molecule is C=CCO[C@@]12Oc3ccc(OC(=O)Nc4ccc(OC)cc4OC)cc3[C@H]3[C@H](CCCCO)[C@@H](CCCCO)C=C(C(=NOCC)C[C@@H]1N(Cc1cccc4ccccc14)C(=O)C=Cc1ccc([N+](=O)[O-])cc1)[C@H]32. The Kier molecular flexibility index (Phi) is 17.4. The molecule has 0 radical (unpaired) electrons.